The van der Waals surface area contributed by atoms with E-state index in [0.29, 0.717) is 0 Å². The molecule has 0 bridgehead atoms. The van der Waals surface area contributed by atoms with Gasteiger partial charge in [0.15, 0.2) is 0 Å². The maximum atomic E-state index is 13.2. The zero-order valence-corrected chi connectivity index (χ0v) is 21.8. The van der Waals surface area contributed by atoms with E-state index in [1.807, 2.05) is 24.3 Å². The third-order valence-corrected chi connectivity index (χ3v) is 6.07. The number of benzene rings is 3. The normalized spacial score (nSPS) is 10.7. The van der Waals surface area contributed by atoms with Crippen LogP contribution < -0.4 is 16.0 Å². The van der Waals surface area contributed by atoms with Gasteiger partial charge in [-0.15, -0.1) is 0 Å². The maximum absolute atomic E-state index is 13.2. The van der Waals surface area contributed by atoms with Crippen LogP contribution in [0.5, 0.6) is 0 Å². The van der Waals surface area contributed by atoms with Crippen molar-refractivity contribution in [2.75, 3.05) is 25.0 Å². The van der Waals surface area contributed by atoms with E-state index in [2.05, 4.69) is 34.7 Å². The molecule has 0 saturated heterocycles. The molecular weight excluding hydrogens is 503 g/mol. The molecule has 10 heteroatoms. The highest BCUT2D eigenvalue weighted by atomic mass is 19.1. The molecule has 4 N–H and O–H groups in total. The van der Waals surface area contributed by atoms with Crippen LogP contribution in [0.1, 0.15) is 56.0 Å². The van der Waals surface area contributed by atoms with Crippen molar-refractivity contribution in [2.45, 2.75) is 26.9 Å². The van der Waals surface area contributed by atoms with Gasteiger partial charge in [0, 0.05) is 35.5 Å². The minimum absolute atomic E-state index is 0.0137. The van der Waals surface area contributed by atoms with Crippen molar-refractivity contribution < 1.29 is 28.7 Å². The fraction of sp³-hybridized carbons (Fsp3) is 0.241. The Balaban J connectivity index is 1.83. The van der Waals surface area contributed by atoms with Crippen molar-refractivity contribution in [3.05, 3.63) is 100 Å². The van der Waals surface area contributed by atoms with E-state index >= 15 is 0 Å². The first kappa shape index (κ1) is 29.0. The summed E-state index contributed by atoms with van der Waals surface area (Å²) < 4.78 is 13.2. The Hall–Kier alpha value is -4.57. The minimum Gasteiger partial charge on any atom is -0.480 e. The second-order valence-electron chi connectivity index (χ2n) is 8.75. The van der Waals surface area contributed by atoms with Crippen LogP contribution in [-0.4, -0.2) is 53.3 Å². The van der Waals surface area contributed by atoms with E-state index in [-0.39, 0.29) is 28.9 Å². The number of nitrogens with zero attached hydrogens (tertiary/aromatic N) is 1. The average molecular weight is 535 g/mol. The summed E-state index contributed by atoms with van der Waals surface area (Å²) in [5.74, 6) is -3.52. The molecule has 39 heavy (non-hydrogen) atoms. The molecule has 3 amide bonds. The monoisotopic (exact) mass is 534 g/mol. The summed E-state index contributed by atoms with van der Waals surface area (Å²) in [6.07, 6.45) is 0. The molecule has 0 aliphatic heterocycles. The standard InChI is InChI=1S/C29H31FN4O5/c1-3-34(4-2)18-21-8-6-5-7-20(21)16-31-27(37)22-13-23(28(38)32-17-26(35)36)15-25(14-22)33-29(39)19-9-11-24(30)12-10-19/h5-15H,3-4,16-18H2,1-2H3,(H,31,37)(H,32,38)(H,33,39)(H,35,36). The molecule has 3 aromatic rings. The van der Waals surface area contributed by atoms with E-state index in [4.69, 9.17) is 5.11 Å². The molecule has 0 unspecified atom stereocenters. The first-order chi connectivity index (χ1) is 18.7. The van der Waals surface area contributed by atoms with Gasteiger partial charge < -0.3 is 21.1 Å². The molecule has 0 aromatic heterocycles. The van der Waals surface area contributed by atoms with E-state index in [0.717, 1.165) is 42.9 Å². The van der Waals surface area contributed by atoms with Gasteiger partial charge in [0.2, 0.25) is 0 Å². The van der Waals surface area contributed by atoms with Gasteiger partial charge >= 0.3 is 5.97 Å². The molecule has 3 rings (SSSR count). The van der Waals surface area contributed by atoms with Crippen molar-refractivity contribution in [1.82, 2.24) is 15.5 Å². The summed E-state index contributed by atoms with van der Waals surface area (Å²) in [6.45, 7) is 6.30. The first-order valence-corrected chi connectivity index (χ1v) is 12.5. The number of halogens is 1. The zero-order valence-electron chi connectivity index (χ0n) is 21.8. The van der Waals surface area contributed by atoms with Gasteiger partial charge in [-0.3, -0.25) is 24.1 Å². The quantitative estimate of drug-likeness (QED) is 0.281. The van der Waals surface area contributed by atoms with E-state index in [9.17, 15) is 23.6 Å². The lowest BCUT2D eigenvalue weighted by Crippen LogP contribution is -2.30. The van der Waals surface area contributed by atoms with Crippen LogP contribution in [-0.2, 0) is 17.9 Å². The van der Waals surface area contributed by atoms with Crippen LogP contribution in [0.4, 0.5) is 10.1 Å². The van der Waals surface area contributed by atoms with Crippen molar-refractivity contribution in [2.24, 2.45) is 0 Å². The van der Waals surface area contributed by atoms with Gasteiger partial charge in [-0.1, -0.05) is 38.1 Å². The highest BCUT2D eigenvalue weighted by molar-refractivity contribution is 6.07. The fourth-order valence-corrected chi connectivity index (χ4v) is 3.87. The molecule has 0 aliphatic rings. The average Bonchev–Trinajstić information content (AvgIpc) is 2.93. The third kappa shape index (κ3) is 8.47. The predicted molar refractivity (Wildman–Crippen MR) is 145 cm³/mol. The summed E-state index contributed by atoms with van der Waals surface area (Å²) in [7, 11) is 0. The van der Waals surface area contributed by atoms with Crippen LogP contribution in [0, 0.1) is 5.82 Å². The van der Waals surface area contributed by atoms with E-state index in [1.165, 1.54) is 30.3 Å². The Bertz CT molecular complexity index is 1340. The number of anilines is 1. The summed E-state index contributed by atoms with van der Waals surface area (Å²) in [4.78, 5) is 51.6. The SMILES string of the molecule is CCN(CC)Cc1ccccc1CNC(=O)c1cc(NC(=O)c2ccc(F)cc2)cc(C(=O)NCC(=O)O)c1. The number of rotatable bonds is 12. The molecule has 0 saturated carbocycles. The second kappa shape index (κ2) is 13.8. The van der Waals surface area contributed by atoms with Gasteiger partial charge in [-0.2, -0.15) is 0 Å². The smallest absolute Gasteiger partial charge is 0.322 e. The number of hydrogen-bond acceptors (Lipinski definition) is 5. The Morgan fingerprint density at radius 2 is 1.36 bits per heavy atom. The molecule has 204 valence electrons. The summed E-state index contributed by atoms with van der Waals surface area (Å²) in [5.41, 5.74) is 2.41. The number of hydrogen-bond donors (Lipinski definition) is 4. The number of carboxylic acid groups (broad SMARTS) is 1. The van der Waals surface area contributed by atoms with Gasteiger partial charge in [0.05, 0.1) is 0 Å². The van der Waals surface area contributed by atoms with Crippen LogP contribution in [0.15, 0.2) is 66.7 Å². The Morgan fingerprint density at radius 3 is 1.95 bits per heavy atom. The summed E-state index contributed by atoms with van der Waals surface area (Å²) >= 11 is 0. The number of carbonyl (C=O) groups is 4. The predicted octanol–water partition coefficient (Wildman–Crippen LogP) is 3.66. The summed E-state index contributed by atoms with van der Waals surface area (Å²) in [5, 5.41) is 16.6. The van der Waals surface area contributed by atoms with Gasteiger partial charge in [-0.05, 0) is 66.7 Å². The van der Waals surface area contributed by atoms with E-state index < -0.39 is 36.1 Å². The highest BCUT2D eigenvalue weighted by Gasteiger charge is 2.16. The van der Waals surface area contributed by atoms with Crippen molar-refractivity contribution in [3.63, 3.8) is 0 Å². The maximum Gasteiger partial charge on any atom is 0.322 e. The first-order valence-electron chi connectivity index (χ1n) is 12.5. The zero-order chi connectivity index (χ0) is 28.4. The van der Waals surface area contributed by atoms with E-state index in [1.54, 1.807) is 0 Å². The van der Waals surface area contributed by atoms with Crippen molar-refractivity contribution in [3.8, 4) is 0 Å². The largest absolute Gasteiger partial charge is 0.480 e. The van der Waals surface area contributed by atoms with Crippen molar-refractivity contribution >= 4 is 29.4 Å². The number of nitrogens with one attached hydrogen (secondary N) is 3. The van der Waals surface area contributed by atoms with Gasteiger partial charge in [0.25, 0.3) is 17.7 Å². The lowest BCUT2D eigenvalue weighted by molar-refractivity contribution is -0.135. The topological polar surface area (TPSA) is 128 Å². The Labute approximate surface area is 226 Å². The number of carboxylic acids is 1. The molecule has 0 aliphatic carbocycles. The van der Waals surface area contributed by atoms with Crippen LogP contribution in [0.3, 0.4) is 0 Å². The van der Waals surface area contributed by atoms with Crippen LogP contribution in [0.25, 0.3) is 0 Å². The lowest BCUT2D eigenvalue weighted by atomic mass is 10.1. The fourth-order valence-electron chi connectivity index (χ4n) is 3.87. The molecular formula is C29H31FN4O5. The lowest BCUT2D eigenvalue weighted by Gasteiger charge is -2.20. The number of amides is 3. The molecule has 0 spiro atoms. The van der Waals surface area contributed by atoms with Gasteiger partial charge in [0.1, 0.15) is 12.4 Å². The molecule has 0 heterocycles. The Morgan fingerprint density at radius 1 is 0.769 bits per heavy atom. The number of carbonyl (C=O) groups excluding carboxylic acids is 3. The molecule has 0 atom stereocenters. The highest BCUT2D eigenvalue weighted by Crippen LogP contribution is 2.18. The van der Waals surface area contributed by atoms with Crippen LogP contribution >= 0.6 is 0 Å². The van der Waals surface area contributed by atoms with Crippen molar-refractivity contribution in [1.29, 1.82) is 0 Å². The molecule has 0 fully saturated rings. The third-order valence-electron chi connectivity index (χ3n) is 6.07. The van der Waals surface area contributed by atoms with Crippen LogP contribution in [0.2, 0.25) is 0 Å². The second-order valence-corrected chi connectivity index (χ2v) is 8.75. The van der Waals surface area contributed by atoms with Gasteiger partial charge in [-0.25, -0.2) is 4.39 Å². The minimum atomic E-state index is -1.23. The Kier molecular flexibility index (Phi) is 10.3. The summed E-state index contributed by atoms with van der Waals surface area (Å²) in [6, 6.07) is 16.7. The molecule has 0 radical (unpaired) electrons. The molecule has 3 aromatic carbocycles. The molecule has 9 nitrogen and oxygen atoms in total. The number of aliphatic carboxylic acids is 1.